The smallest absolute Gasteiger partial charge is 0.399 e. The van der Waals surface area contributed by atoms with E-state index in [-0.39, 0.29) is 18.3 Å². The molecule has 1 saturated heterocycles. The Morgan fingerprint density at radius 1 is 0.151 bits per heavy atom. The van der Waals surface area contributed by atoms with Crippen LogP contribution in [0.15, 0.2) is 133 Å². The van der Waals surface area contributed by atoms with E-state index in [2.05, 4.69) is 160 Å². The van der Waals surface area contributed by atoms with Crippen molar-refractivity contribution in [3.05, 3.63) is 133 Å². The van der Waals surface area contributed by atoms with Gasteiger partial charge in [0, 0.05) is 963 Å². The zero-order chi connectivity index (χ0) is 103. The van der Waals surface area contributed by atoms with Crippen molar-refractivity contribution >= 4 is 976 Å². The Labute approximate surface area is 1150 Å². The van der Waals surface area contributed by atoms with E-state index in [9.17, 15) is 0 Å². The van der Waals surface area contributed by atoms with E-state index in [4.69, 9.17) is 31.7 Å². The number of rotatable bonds is 6. The number of benzene rings is 5. The van der Waals surface area contributed by atoms with Gasteiger partial charge in [0.1, 0.15) is 0 Å². The van der Waals surface area contributed by atoms with E-state index >= 15 is 0 Å². The fourth-order valence-corrected chi connectivity index (χ4v) is 286. The SMILES string of the molecule is CC1(C)OB(c2ccc(-c3ccc(N(c4ccccc4)c4ccc(-c5ccccc5)cc4)cc3)cc2)OC1(C)C.S=S=S=S=S=S=S=S=S=S=S=S=S=S=S=S=S=S=S=S=S=S=S=S=S=S=S=S=S=S=S=S=S=S=S=S=S=S=S=S=S=S=S=S=S=S=S=S=S=S=S=S=S=S=S=S=S=S=S=S=S=S=S=S=S=S=S=S=S=S=S=S=S=S=S=S=S=S=S=S=S=S=S=S=S=S=S=S=S=S=S=S=S=S=S=S=S=S=S=S=S=S=S=S=S=S. The highest BCUT2D eigenvalue weighted by Gasteiger charge is 2.51. The van der Waals surface area contributed by atoms with Gasteiger partial charge in [-0.3, -0.25) is 0 Å². The predicted octanol–water partition coefficient (Wildman–Crippen LogP) is 8.54. The van der Waals surface area contributed by atoms with Gasteiger partial charge in [0.2, 0.25) is 0 Å². The van der Waals surface area contributed by atoms with Crippen molar-refractivity contribution in [2.45, 2.75) is 38.9 Å². The summed E-state index contributed by atoms with van der Waals surface area (Å²) in [6.07, 6.45) is 0. The molecule has 0 radical (unpaired) electrons. The number of hydrogen-bond acceptors (Lipinski definition) is 5. The molecular formula is C36H34BNO2S106. The van der Waals surface area contributed by atoms with Gasteiger partial charge in [0.25, 0.3) is 0 Å². The highest BCUT2D eigenvalue weighted by atomic mass is 33.6. The third-order valence-corrected chi connectivity index (χ3v) is 240. The Morgan fingerprint density at radius 3 is 0.411 bits per heavy atom. The predicted molar refractivity (Wildman–Crippen MR) is 948 cm³/mol. The van der Waals surface area contributed by atoms with Crippen molar-refractivity contribution in [1.82, 2.24) is 0 Å². The van der Waals surface area contributed by atoms with Gasteiger partial charge in [0.15, 0.2) is 0 Å². The van der Waals surface area contributed by atoms with E-state index < -0.39 is 0 Å². The molecular weight excluding hydrogens is 3890 g/mol. The van der Waals surface area contributed by atoms with Crippen LogP contribution >= 0.6 is 0 Å². The van der Waals surface area contributed by atoms with Crippen molar-refractivity contribution in [3.8, 4) is 22.3 Å². The second kappa shape index (κ2) is 122. The number of nitrogens with zero attached hydrogens (tertiary/aromatic N) is 1. The van der Waals surface area contributed by atoms with Gasteiger partial charge in [-0.05, 0) is 91.8 Å². The van der Waals surface area contributed by atoms with E-state index in [1.165, 1.54) is 28.9 Å². The van der Waals surface area contributed by atoms with Crippen LogP contribution in [0.25, 0.3) is 22.3 Å². The molecule has 834 valence electrons. The molecule has 0 aromatic heterocycles. The normalized spacial score (nSPS) is 10.0. The summed E-state index contributed by atoms with van der Waals surface area (Å²) < 4.78 is 12.5. The van der Waals surface area contributed by atoms with Crippen LogP contribution in [0.1, 0.15) is 27.7 Å². The quantitative estimate of drug-likeness (QED) is 0.159. The summed E-state index contributed by atoms with van der Waals surface area (Å²) in [5, 5.41) is 0. The summed E-state index contributed by atoms with van der Waals surface area (Å²) in [6.45, 7) is 8.33. The maximum Gasteiger partial charge on any atom is 0.494 e. The minimum atomic E-state index is -0.353. The highest BCUT2D eigenvalue weighted by Crippen LogP contribution is 2.38. The van der Waals surface area contributed by atoms with Gasteiger partial charge in [-0.1, -0.05) is 97.1 Å². The van der Waals surface area contributed by atoms with E-state index in [1.54, 1.807) is 107 Å². The highest BCUT2D eigenvalue weighted by molar-refractivity contribution is 8.88. The summed E-state index contributed by atoms with van der Waals surface area (Å²) in [5.41, 5.74) is 8.43. The lowest BCUT2D eigenvalue weighted by Crippen LogP contribution is -2.41. The van der Waals surface area contributed by atoms with Gasteiger partial charge >= 0.3 is 7.12 Å². The maximum absolute atomic E-state index is 6.23. The molecule has 110 heteroatoms. The molecule has 1 aliphatic rings. The zero-order valence-electron chi connectivity index (χ0n) is 66.8. The van der Waals surface area contributed by atoms with Crippen LogP contribution in [-0.2, 0) is 955 Å². The van der Waals surface area contributed by atoms with Crippen LogP contribution in [0.3, 0.4) is 0 Å². The first-order valence-electron chi connectivity index (χ1n) is 31.4. The van der Waals surface area contributed by atoms with Crippen LogP contribution in [0.2, 0.25) is 0 Å². The maximum atomic E-state index is 6.23. The Morgan fingerprint density at radius 2 is 0.267 bits per heavy atom. The van der Waals surface area contributed by atoms with Crippen molar-refractivity contribution in [3.63, 3.8) is 0 Å². The van der Waals surface area contributed by atoms with Crippen LogP contribution < -0.4 is 10.4 Å². The second-order valence-corrected chi connectivity index (χ2v) is 202. The Bertz CT molecular complexity index is 10600. The van der Waals surface area contributed by atoms with Crippen LogP contribution in [0.4, 0.5) is 17.1 Å². The lowest BCUT2D eigenvalue weighted by atomic mass is 9.78. The molecule has 0 N–H and O–H groups in total. The summed E-state index contributed by atoms with van der Waals surface area (Å²) in [5.74, 6) is 0. The zero-order valence-corrected chi connectivity index (χ0v) is 153. The first-order chi connectivity index (χ1) is 72.2. The molecule has 5 aromatic rings. The van der Waals surface area contributed by atoms with Crippen molar-refractivity contribution < 1.29 is 9.31 Å². The molecule has 0 aliphatic carbocycles. The van der Waals surface area contributed by atoms with E-state index in [0.29, 0.717) is 0 Å². The molecule has 5 aromatic carbocycles. The minimum absolute atomic E-state index is 0.349. The van der Waals surface area contributed by atoms with Gasteiger partial charge < -0.3 is 14.2 Å². The molecule has 3 nitrogen and oxygen atoms in total. The second-order valence-electron chi connectivity index (χ2n) is 18.4. The van der Waals surface area contributed by atoms with Crippen LogP contribution in [-0.4, -0.2) is 18.3 Å². The van der Waals surface area contributed by atoms with Crippen molar-refractivity contribution in [2.75, 3.05) is 4.90 Å². The van der Waals surface area contributed by atoms with Crippen LogP contribution in [0, 0.1) is 0 Å². The van der Waals surface area contributed by atoms with E-state index in [0.717, 1.165) is 33.7 Å². The van der Waals surface area contributed by atoms with Gasteiger partial charge in [-0.15, -0.1) is 0 Å². The molecule has 0 saturated carbocycles. The summed E-state index contributed by atoms with van der Waals surface area (Å²) in [4.78, 5) is 2.29. The number of anilines is 3. The first-order valence-corrected chi connectivity index (χ1v) is 171. The largest absolute Gasteiger partial charge is 0.494 e. The molecule has 1 heterocycles. The Hall–Kier alpha value is 19.2. The van der Waals surface area contributed by atoms with Crippen LogP contribution in [0.5, 0.6) is 0 Å². The average Bonchev–Trinajstić information content (AvgIpc) is 1.62. The van der Waals surface area contributed by atoms with Crippen molar-refractivity contribution in [2.24, 2.45) is 0 Å². The molecule has 6 rings (SSSR count). The van der Waals surface area contributed by atoms with Gasteiger partial charge in [-0.2, -0.15) is 0 Å². The molecule has 146 heavy (non-hydrogen) atoms. The van der Waals surface area contributed by atoms with Gasteiger partial charge in [-0.25, -0.2) is 0 Å². The fraction of sp³-hybridized carbons (Fsp3) is 0.167. The molecule has 0 bridgehead atoms. The standard InChI is InChI=1S/C36H34BNO2.S106/c1-35(2)36(3,4)40-37(39-35)31-21-15-28(16-22-31)30-19-25-34(26-20-30)38(32-13-9-6-10-14-32)33-23-17-29(18-24-33)27-11-7-5-8-12-27;1-3-5-7-9-11-13-15-17-19-21-23-25-27-29-31-33-35-37-39-41-43-45-47-49-51-53-55-57-59-61-63-65-67-69-71-73-75-77-79-81-83-85-87-89-91-93-95-97-99-101-103-105-106-104-102-100-98-96-94-92-90-88-86-84-82-80-78-76-74-72-70-68-66-64-62-60-58-56-54-52-50-48-46-44-42-40-38-36-34-32-30-28-26-24-22-20-18-16-14-12-10-8-6-4-2/h5-26H,1-4H3;. The average molecular weight is 3920 g/mol. The molecule has 0 amide bonds. The topological polar surface area (TPSA) is 21.7 Å². The third-order valence-electron chi connectivity index (χ3n) is 11.0. The summed E-state index contributed by atoms with van der Waals surface area (Å²) >= 11 is 9.66. The monoisotopic (exact) mass is 3910 g/mol. The summed E-state index contributed by atoms with van der Waals surface area (Å²) in [7, 11) is 188. The Balaban J connectivity index is 0.000000762. The first kappa shape index (κ1) is 156. The molecule has 1 fully saturated rings. The van der Waals surface area contributed by atoms with Gasteiger partial charge in [0.05, 0.1) is 11.2 Å². The molecule has 0 spiro atoms. The minimum Gasteiger partial charge on any atom is -0.399 e. The number of hydrogen-bond donors (Lipinski definition) is 0. The van der Waals surface area contributed by atoms with E-state index in [1.807, 2.05) is 805 Å². The molecule has 1 aliphatic heterocycles. The lowest BCUT2D eigenvalue weighted by molar-refractivity contribution is 0.00578. The summed E-state index contributed by atoms with van der Waals surface area (Å²) in [6, 6.07) is 47.0. The lowest BCUT2D eigenvalue weighted by Gasteiger charge is -2.32. The van der Waals surface area contributed by atoms with Crippen molar-refractivity contribution in [1.29, 1.82) is 0 Å². The fourth-order valence-electron chi connectivity index (χ4n) is 6.23. The molecule has 0 atom stereocenters. The molecule has 0 unspecified atom stereocenters. The third kappa shape index (κ3) is 96.3. The Kier molecular flexibility index (Phi) is 130. The number of para-hydroxylation sites is 1.